The summed E-state index contributed by atoms with van der Waals surface area (Å²) < 4.78 is 0. The van der Waals surface area contributed by atoms with E-state index in [1.807, 2.05) is 0 Å². The quantitative estimate of drug-likeness (QED) is 0.370. The van der Waals surface area contributed by atoms with Crippen molar-refractivity contribution in [1.82, 2.24) is 0 Å². The van der Waals surface area contributed by atoms with Crippen LogP contribution in [0.2, 0.25) is 0 Å². The Bertz CT molecular complexity index is 91.9. The van der Waals surface area contributed by atoms with Crippen LogP contribution in [0.25, 0.3) is 0 Å². The first-order chi connectivity index (χ1) is 3.27. The van der Waals surface area contributed by atoms with Gasteiger partial charge in [0.25, 0.3) is 0 Å². The summed E-state index contributed by atoms with van der Waals surface area (Å²) in [6.45, 7) is 3.46. The zero-order chi connectivity index (χ0) is 5.70. The molecule has 40 valence electrons. The Labute approximate surface area is 47.9 Å². The topological polar surface area (TPSA) is 24.7 Å². The molecule has 0 saturated carbocycles. The third-order valence-corrected chi connectivity index (χ3v) is 0.387. The van der Waals surface area contributed by atoms with Gasteiger partial charge in [-0.1, -0.05) is 11.6 Å². The van der Waals surface area contributed by atoms with Crippen molar-refractivity contribution in [3.63, 3.8) is 0 Å². The molecule has 0 amide bonds. The molecule has 0 bridgehead atoms. The normalized spacial score (nSPS) is 13.3. The fourth-order valence-electron chi connectivity index (χ4n) is 0.137. The lowest BCUT2D eigenvalue weighted by molar-refractivity contribution is 1.25. The van der Waals surface area contributed by atoms with Gasteiger partial charge in [-0.25, -0.2) is 0 Å². The van der Waals surface area contributed by atoms with Crippen molar-refractivity contribution in [3.8, 4) is 0 Å². The Morgan fingerprint density at radius 3 is 2.43 bits per heavy atom. The van der Waals surface area contributed by atoms with Crippen molar-refractivity contribution < 1.29 is 0 Å². The minimum atomic E-state index is 0.457. The van der Waals surface area contributed by atoms with Crippen molar-refractivity contribution in [3.05, 3.63) is 0 Å². The van der Waals surface area contributed by atoms with E-state index in [-0.39, 0.29) is 0 Å². The van der Waals surface area contributed by atoms with Crippen molar-refractivity contribution in [2.75, 3.05) is 0 Å². The Morgan fingerprint density at radius 1 is 1.71 bits per heavy atom. The number of halogens is 1. The lowest BCUT2D eigenvalue weighted by Gasteiger charge is -1.74. The zero-order valence-electron chi connectivity index (χ0n) is 4.35. The summed E-state index contributed by atoms with van der Waals surface area (Å²) in [6, 6.07) is 0. The van der Waals surface area contributed by atoms with Crippen LogP contribution in [0.5, 0.6) is 0 Å². The Balaban J connectivity index is 3.46. The second-order valence-corrected chi connectivity index (χ2v) is 1.52. The molecule has 0 unspecified atom stereocenters. The summed E-state index contributed by atoms with van der Waals surface area (Å²) >= 11 is 5.29. The number of rotatable bonds is 1. The van der Waals surface area contributed by atoms with Crippen LogP contribution in [-0.2, 0) is 0 Å². The third kappa shape index (κ3) is 5.63. The third-order valence-electron chi connectivity index (χ3n) is 0.311. The molecule has 0 aromatic carbocycles. The monoisotopic (exact) mass is 118 g/mol. The molecule has 0 heterocycles. The van der Waals surface area contributed by atoms with Crippen molar-refractivity contribution >= 4 is 23.0 Å². The number of hydrogen-bond donors (Lipinski definition) is 0. The molecule has 7 heavy (non-hydrogen) atoms. The molecule has 0 aliphatic heterocycles. The van der Waals surface area contributed by atoms with Crippen LogP contribution in [0.4, 0.5) is 0 Å². The maximum atomic E-state index is 5.29. The summed E-state index contributed by atoms with van der Waals surface area (Å²) in [4.78, 5) is 0. The number of nitrogens with zero attached hydrogens (tertiary/aromatic N) is 2. The highest BCUT2D eigenvalue weighted by atomic mass is 35.5. The highest BCUT2D eigenvalue weighted by molar-refractivity contribution is 6.64. The first-order valence-electron chi connectivity index (χ1n) is 1.95. The van der Waals surface area contributed by atoms with Crippen LogP contribution < -0.4 is 0 Å². The van der Waals surface area contributed by atoms with Crippen molar-refractivity contribution in [2.45, 2.75) is 13.8 Å². The molecule has 0 N–H and O–H groups in total. The van der Waals surface area contributed by atoms with Crippen LogP contribution in [-0.4, -0.2) is 11.4 Å². The summed E-state index contributed by atoms with van der Waals surface area (Å²) in [5, 5.41) is 7.45. The van der Waals surface area contributed by atoms with Crippen LogP contribution in [0.15, 0.2) is 10.2 Å². The largest absolute Gasteiger partial charge is 0.163 e. The van der Waals surface area contributed by atoms with Crippen molar-refractivity contribution in [2.24, 2.45) is 10.2 Å². The molecular weight excluding hydrogens is 112 g/mol. The summed E-state index contributed by atoms with van der Waals surface area (Å²) in [5.41, 5.74) is 0. The maximum Gasteiger partial charge on any atom is 0.125 e. The van der Waals surface area contributed by atoms with E-state index in [0.717, 1.165) is 0 Å². The van der Waals surface area contributed by atoms with Gasteiger partial charge in [-0.15, -0.1) is 5.10 Å². The van der Waals surface area contributed by atoms with Gasteiger partial charge in [0.15, 0.2) is 0 Å². The van der Waals surface area contributed by atoms with Gasteiger partial charge in [-0.05, 0) is 13.8 Å². The van der Waals surface area contributed by atoms with E-state index in [9.17, 15) is 0 Å². The molecule has 0 radical (unpaired) electrons. The lowest BCUT2D eigenvalue weighted by atomic mass is 10.9. The molecular formula is C4H7ClN2. The summed E-state index contributed by atoms with van der Waals surface area (Å²) in [7, 11) is 0. The average Bonchev–Trinajstić information content (AvgIpc) is 1.61. The average molecular weight is 119 g/mol. The van der Waals surface area contributed by atoms with Gasteiger partial charge in [0.05, 0.1) is 0 Å². The van der Waals surface area contributed by atoms with Crippen LogP contribution >= 0.6 is 11.6 Å². The first kappa shape index (κ1) is 6.63. The van der Waals surface area contributed by atoms with Gasteiger partial charge in [0.2, 0.25) is 0 Å². The van der Waals surface area contributed by atoms with Gasteiger partial charge < -0.3 is 0 Å². The second kappa shape index (κ2) is 3.81. The molecule has 0 atom stereocenters. The smallest absolute Gasteiger partial charge is 0.125 e. The fourth-order valence-corrected chi connectivity index (χ4v) is 0.181. The molecule has 0 spiro atoms. The van der Waals surface area contributed by atoms with E-state index in [0.29, 0.717) is 5.17 Å². The molecule has 0 rings (SSSR count). The van der Waals surface area contributed by atoms with Gasteiger partial charge in [0, 0.05) is 6.21 Å². The molecule has 0 saturated heterocycles. The lowest BCUT2D eigenvalue weighted by Crippen LogP contribution is -1.69. The summed E-state index contributed by atoms with van der Waals surface area (Å²) in [5.74, 6) is 0. The van der Waals surface area contributed by atoms with E-state index in [4.69, 9.17) is 11.6 Å². The highest BCUT2D eigenvalue weighted by Crippen LogP contribution is 1.81. The van der Waals surface area contributed by atoms with Crippen molar-refractivity contribution in [1.29, 1.82) is 0 Å². The maximum absolute atomic E-state index is 5.29. The standard InChI is InChI=1S/C4H7ClN2/c1-3-6-7-4(2)5/h3H,1-2H3/b6-3-,7-4+. The Kier molecular flexibility index (Phi) is 3.61. The predicted molar refractivity (Wildman–Crippen MR) is 33.1 cm³/mol. The zero-order valence-corrected chi connectivity index (χ0v) is 5.11. The molecule has 0 fully saturated rings. The van der Waals surface area contributed by atoms with E-state index in [1.165, 1.54) is 0 Å². The number of hydrogen-bond acceptors (Lipinski definition) is 2. The van der Waals surface area contributed by atoms with Crippen LogP contribution in [0.1, 0.15) is 13.8 Å². The highest BCUT2D eigenvalue weighted by Gasteiger charge is 1.71. The molecule has 2 nitrogen and oxygen atoms in total. The summed E-state index contributed by atoms with van der Waals surface area (Å²) in [6.07, 6.45) is 1.58. The fraction of sp³-hybridized carbons (Fsp3) is 0.500. The minimum Gasteiger partial charge on any atom is -0.163 e. The van der Waals surface area contributed by atoms with Gasteiger partial charge in [-0.2, -0.15) is 5.10 Å². The van der Waals surface area contributed by atoms with Crippen LogP contribution in [0.3, 0.4) is 0 Å². The van der Waals surface area contributed by atoms with E-state index in [1.54, 1.807) is 20.1 Å². The molecule has 0 aliphatic rings. The van der Waals surface area contributed by atoms with Crippen LogP contribution in [0, 0.1) is 0 Å². The van der Waals surface area contributed by atoms with Gasteiger partial charge in [-0.3, -0.25) is 0 Å². The molecule has 3 heteroatoms. The second-order valence-electron chi connectivity index (χ2n) is 0.971. The molecule has 0 aromatic heterocycles. The van der Waals surface area contributed by atoms with Gasteiger partial charge >= 0.3 is 0 Å². The van der Waals surface area contributed by atoms with E-state index in [2.05, 4.69) is 10.2 Å². The Hall–Kier alpha value is -0.370. The van der Waals surface area contributed by atoms with E-state index >= 15 is 0 Å². The molecule has 0 aromatic rings. The SMILES string of the molecule is C/C=N\N=C(/C)Cl. The van der Waals surface area contributed by atoms with Gasteiger partial charge in [0.1, 0.15) is 5.17 Å². The minimum absolute atomic E-state index is 0.457. The Morgan fingerprint density at radius 2 is 2.29 bits per heavy atom. The van der Waals surface area contributed by atoms with E-state index < -0.39 is 0 Å². The predicted octanol–water partition coefficient (Wildman–Crippen LogP) is 1.65. The molecule has 0 aliphatic carbocycles. The first-order valence-corrected chi connectivity index (χ1v) is 2.33.